The van der Waals surface area contributed by atoms with Crippen LogP contribution >= 0.6 is 27.5 Å². The number of amides is 2. The summed E-state index contributed by atoms with van der Waals surface area (Å²) < 4.78 is 0.827. The van der Waals surface area contributed by atoms with Crippen molar-refractivity contribution in [3.63, 3.8) is 0 Å². The van der Waals surface area contributed by atoms with Gasteiger partial charge in [0.25, 0.3) is 5.91 Å². The van der Waals surface area contributed by atoms with E-state index in [1.807, 2.05) is 0 Å². The topological polar surface area (TPSA) is 70.6 Å². The summed E-state index contributed by atoms with van der Waals surface area (Å²) in [7, 11) is 0. The number of nitrogens with zero attached hydrogens (tertiary/aromatic N) is 1. The Kier molecular flexibility index (Phi) is 3.98. The molecule has 0 saturated heterocycles. The minimum absolute atomic E-state index is 0.187. The molecule has 2 rings (SSSR count). The lowest BCUT2D eigenvalue weighted by atomic mass is 10.1. The van der Waals surface area contributed by atoms with Crippen LogP contribution in [0, 0.1) is 0 Å². The maximum atomic E-state index is 11.8. The van der Waals surface area contributed by atoms with Gasteiger partial charge in [-0.05, 0) is 18.2 Å². The predicted molar refractivity (Wildman–Crippen MR) is 72.6 cm³/mol. The second-order valence-corrected chi connectivity index (χ2v) is 4.99. The number of hydrazone groups is 1. The lowest BCUT2D eigenvalue weighted by Gasteiger charge is -2.12. The normalized spacial score (nSPS) is 14.8. The molecule has 5 nitrogen and oxygen atoms in total. The van der Waals surface area contributed by atoms with Crippen LogP contribution in [0.15, 0.2) is 27.8 Å². The zero-order chi connectivity index (χ0) is 13.1. The molecule has 0 spiro atoms. The van der Waals surface area contributed by atoms with Gasteiger partial charge in [0, 0.05) is 17.3 Å². The van der Waals surface area contributed by atoms with E-state index in [9.17, 15) is 9.59 Å². The van der Waals surface area contributed by atoms with Crippen molar-refractivity contribution in [2.75, 3.05) is 5.32 Å². The van der Waals surface area contributed by atoms with Crippen LogP contribution in [0.4, 0.5) is 5.69 Å². The number of benzene rings is 1. The maximum Gasteiger partial charge on any atom is 0.271 e. The molecule has 0 aromatic heterocycles. The van der Waals surface area contributed by atoms with E-state index >= 15 is 0 Å². The van der Waals surface area contributed by atoms with E-state index in [2.05, 4.69) is 31.8 Å². The Bertz CT molecular complexity index is 545. The summed E-state index contributed by atoms with van der Waals surface area (Å²) in [6.07, 6.45) is 0.589. The Morgan fingerprint density at radius 2 is 2.22 bits per heavy atom. The lowest BCUT2D eigenvalue weighted by molar-refractivity contribution is -0.121. The van der Waals surface area contributed by atoms with E-state index in [4.69, 9.17) is 11.6 Å². The molecule has 7 heteroatoms. The highest BCUT2D eigenvalue weighted by Gasteiger charge is 2.18. The number of anilines is 1. The number of hydrogen-bond donors (Lipinski definition) is 2. The summed E-state index contributed by atoms with van der Waals surface area (Å²) in [6, 6.07) is 5.14. The molecule has 1 aromatic rings. The first-order chi connectivity index (χ1) is 8.56. The van der Waals surface area contributed by atoms with Crippen molar-refractivity contribution in [1.82, 2.24) is 5.43 Å². The molecule has 1 aliphatic rings. The van der Waals surface area contributed by atoms with Gasteiger partial charge >= 0.3 is 0 Å². The monoisotopic (exact) mass is 329 g/mol. The van der Waals surface area contributed by atoms with Gasteiger partial charge in [0.1, 0.15) is 5.71 Å². The van der Waals surface area contributed by atoms with Gasteiger partial charge in [0.05, 0.1) is 10.7 Å². The van der Waals surface area contributed by atoms with Crippen LogP contribution in [-0.2, 0) is 9.59 Å². The number of rotatable bonds is 2. The van der Waals surface area contributed by atoms with Gasteiger partial charge in [0.15, 0.2) is 0 Å². The molecule has 94 valence electrons. The first-order valence-corrected chi connectivity index (χ1v) is 6.35. The van der Waals surface area contributed by atoms with Crippen molar-refractivity contribution < 1.29 is 9.59 Å². The van der Waals surface area contributed by atoms with Gasteiger partial charge in [-0.1, -0.05) is 27.5 Å². The van der Waals surface area contributed by atoms with Crippen molar-refractivity contribution in [2.24, 2.45) is 5.10 Å². The van der Waals surface area contributed by atoms with Crippen LogP contribution in [0.5, 0.6) is 0 Å². The Balaban J connectivity index is 2.09. The van der Waals surface area contributed by atoms with Crippen LogP contribution in [0.3, 0.4) is 0 Å². The first kappa shape index (κ1) is 13.0. The number of carbonyl (C=O) groups is 2. The van der Waals surface area contributed by atoms with Crippen molar-refractivity contribution in [1.29, 1.82) is 0 Å². The van der Waals surface area contributed by atoms with E-state index in [-0.39, 0.29) is 23.9 Å². The fourth-order valence-corrected chi connectivity index (χ4v) is 2.14. The highest BCUT2D eigenvalue weighted by atomic mass is 79.9. The summed E-state index contributed by atoms with van der Waals surface area (Å²) in [6.45, 7) is 0. The number of nitrogens with one attached hydrogen (secondary N) is 2. The van der Waals surface area contributed by atoms with Crippen LogP contribution in [0.1, 0.15) is 12.8 Å². The summed E-state index contributed by atoms with van der Waals surface area (Å²) in [5.41, 5.74) is 3.06. The molecule has 0 unspecified atom stereocenters. The molecule has 0 atom stereocenters. The van der Waals surface area contributed by atoms with E-state index in [1.165, 1.54) is 0 Å². The van der Waals surface area contributed by atoms with Crippen molar-refractivity contribution in [3.8, 4) is 0 Å². The minimum Gasteiger partial charge on any atom is -0.320 e. The number of hydrogen-bond acceptors (Lipinski definition) is 3. The number of carbonyl (C=O) groups excluding carboxylic acids is 2. The minimum atomic E-state index is -0.362. The molecule has 0 saturated carbocycles. The molecule has 2 N–H and O–H groups in total. The smallest absolute Gasteiger partial charge is 0.271 e. The molecular formula is C11H9BrClN3O2. The fourth-order valence-electron chi connectivity index (χ4n) is 1.42. The molecular weight excluding hydrogens is 321 g/mol. The Morgan fingerprint density at radius 3 is 2.83 bits per heavy atom. The van der Waals surface area contributed by atoms with Gasteiger partial charge in [-0.15, -0.1) is 0 Å². The molecule has 1 aromatic carbocycles. The fraction of sp³-hybridized carbons (Fsp3) is 0.182. The molecule has 1 aliphatic heterocycles. The standard InChI is InChI=1S/C11H9BrClN3O2/c12-6-1-2-8(7(13)5-6)14-11(18)9-3-4-10(17)16-15-9/h1-2,5H,3-4H2,(H,14,18)(H,16,17). The summed E-state index contributed by atoms with van der Waals surface area (Å²) >= 11 is 9.26. The molecule has 0 bridgehead atoms. The molecule has 0 radical (unpaired) electrons. The molecule has 1 heterocycles. The molecule has 0 fully saturated rings. The van der Waals surface area contributed by atoms with E-state index in [1.54, 1.807) is 18.2 Å². The van der Waals surface area contributed by atoms with E-state index in [0.717, 1.165) is 4.47 Å². The van der Waals surface area contributed by atoms with Crippen LogP contribution in [-0.4, -0.2) is 17.5 Å². The largest absolute Gasteiger partial charge is 0.320 e. The van der Waals surface area contributed by atoms with Gasteiger partial charge in [-0.25, -0.2) is 5.43 Å². The quantitative estimate of drug-likeness (QED) is 0.873. The van der Waals surface area contributed by atoms with Crippen molar-refractivity contribution >= 4 is 50.7 Å². The second kappa shape index (κ2) is 5.49. The third-order valence-electron chi connectivity index (χ3n) is 2.35. The predicted octanol–water partition coefficient (Wildman–Crippen LogP) is 2.31. The molecule has 2 amide bonds. The van der Waals surface area contributed by atoms with Crippen LogP contribution in [0.25, 0.3) is 0 Å². The van der Waals surface area contributed by atoms with Crippen molar-refractivity contribution in [2.45, 2.75) is 12.8 Å². The van der Waals surface area contributed by atoms with Crippen LogP contribution < -0.4 is 10.7 Å². The summed E-state index contributed by atoms with van der Waals surface area (Å²) in [5, 5.41) is 6.78. The lowest BCUT2D eigenvalue weighted by Crippen LogP contribution is -2.32. The zero-order valence-corrected chi connectivity index (χ0v) is 11.5. The van der Waals surface area contributed by atoms with Crippen LogP contribution in [0.2, 0.25) is 5.02 Å². The molecule has 0 aliphatic carbocycles. The van der Waals surface area contributed by atoms with Crippen molar-refractivity contribution in [3.05, 3.63) is 27.7 Å². The first-order valence-electron chi connectivity index (χ1n) is 5.18. The highest BCUT2D eigenvalue weighted by molar-refractivity contribution is 9.10. The Labute approximate surface area is 117 Å². The summed E-state index contributed by atoms with van der Waals surface area (Å²) in [4.78, 5) is 22.8. The average Bonchev–Trinajstić information content (AvgIpc) is 2.33. The van der Waals surface area contributed by atoms with E-state index < -0.39 is 0 Å². The Hall–Kier alpha value is -1.40. The molecule has 18 heavy (non-hydrogen) atoms. The van der Waals surface area contributed by atoms with Gasteiger partial charge < -0.3 is 5.32 Å². The highest BCUT2D eigenvalue weighted by Crippen LogP contribution is 2.25. The zero-order valence-electron chi connectivity index (χ0n) is 9.17. The van der Waals surface area contributed by atoms with Gasteiger partial charge in [0.2, 0.25) is 5.91 Å². The number of halogens is 2. The van der Waals surface area contributed by atoms with Gasteiger partial charge in [-0.3, -0.25) is 9.59 Å². The maximum absolute atomic E-state index is 11.8. The Morgan fingerprint density at radius 1 is 1.44 bits per heavy atom. The summed E-state index contributed by atoms with van der Waals surface area (Å²) in [5.74, 6) is -0.549. The van der Waals surface area contributed by atoms with E-state index in [0.29, 0.717) is 17.1 Å². The third-order valence-corrected chi connectivity index (χ3v) is 3.15. The average molecular weight is 331 g/mol. The van der Waals surface area contributed by atoms with Gasteiger partial charge in [-0.2, -0.15) is 5.10 Å². The third kappa shape index (κ3) is 3.08. The second-order valence-electron chi connectivity index (χ2n) is 3.67. The SMILES string of the molecule is O=C1CCC(C(=O)Nc2ccc(Br)cc2Cl)=NN1.